The largest absolute Gasteiger partial charge is 3.00 e. The summed E-state index contributed by atoms with van der Waals surface area (Å²) in [6.07, 6.45) is 5.91. The Morgan fingerprint density at radius 1 is 0.549 bits per heavy atom. The number of rotatable bonds is 4. The summed E-state index contributed by atoms with van der Waals surface area (Å²) in [5.41, 5.74) is 10.1. The summed E-state index contributed by atoms with van der Waals surface area (Å²) < 4.78 is 4.75. The summed E-state index contributed by atoms with van der Waals surface area (Å²) in [4.78, 5) is 8.38. The molecule has 0 N–H and O–H groups in total. The maximum Gasteiger partial charge on any atom is 3.00 e. The molecule has 6 aromatic carbocycles. The molecule has 0 saturated heterocycles. The monoisotopic (exact) mass is 835 g/mol. The minimum atomic E-state index is 0. The first-order valence-electron chi connectivity index (χ1n) is 16.7. The van der Waals surface area contributed by atoms with Gasteiger partial charge in [-0.05, 0) is 79.1 Å². The van der Waals surface area contributed by atoms with Crippen LogP contribution in [-0.4, -0.2) is 26.1 Å². The van der Waals surface area contributed by atoms with Gasteiger partial charge in [0.15, 0.2) is 0 Å². The molecule has 1 aliphatic heterocycles. The van der Waals surface area contributed by atoms with Gasteiger partial charge in [-0.1, -0.05) is 72.2 Å². The van der Waals surface area contributed by atoms with Gasteiger partial charge in [0.1, 0.15) is 0 Å². The SMILES string of the molecule is CN1C=CN(c2[c-]cc3c(c2)c2cc4c5ccccc5n(-c5ccccc5)c4cc2n3-c2ccccc2)[CH-]1.[Ir+3].[c-]1ccccc1-c1ccccn1. The van der Waals surface area contributed by atoms with Gasteiger partial charge in [0, 0.05) is 33.9 Å². The second kappa shape index (κ2) is 13.8. The van der Waals surface area contributed by atoms with Crippen LogP contribution in [0.25, 0.3) is 66.2 Å². The molecule has 3 aromatic heterocycles. The number of fused-ring (bicyclic) bond motifs is 6. The van der Waals surface area contributed by atoms with Crippen LogP contribution in [0.5, 0.6) is 0 Å². The van der Waals surface area contributed by atoms with Crippen LogP contribution in [0, 0.1) is 18.8 Å². The Kier molecular flexibility index (Phi) is 8.71. The zero-order chi connectivity index (χ0) is 33.4. The van der Waals surface area contributed by atoms with Crippen molar-refractivity contribution < 1.29 is 20.1 Å². The molecule has 4 heterocycles. The predicted octanol–water partition coefficient (Wildman–Crippen LogP) is 10.6. The fourth-order valence-corrected chi connectivity index (χ4v) is 6.93. The molecule has 0 bridgehead atoms. The van der Waals surface area contributed by atoms with E-state index in [0.717, 1.165) is 33.8 Å². The summed E-state index contributed by atoms with van der Waals surface area (Å²) in [7, 11) is 2.04. The van der Waals surface area contributed by atoms with Crippen molar-refractivity contribution >= 4 is 49.3 Å². The first kappa shape index (κ1) is 32.3. The van der Waals surface area contributed by atoms with E-state index in [1.807, 2.05) is 60.6 Å². The Hall–Kier alpha value is -5.94. The summed E-state index contributed by atoms with van der Waals surface area (Å²) in [6, 6.07) is 59.5. The van der Waals surface area contributed by atoms with Gasteiger partial charge in [0.05, 0.1) is 11.0 Å². The fraction of sp³-hybridized carbons (Fsp3) is 0.0222. The van der Waals surface area contributed by atoms with Crippen LogP contribution in [0.3, 0.4) is 0 Å². The van der Waals surface area contributed by atoms with Crippen molar-refractivity contribution in [2.45, 2.75) is 0 Å². The fourth-order valence-electron chi connectivity index (χ4n) is 6.93. The Bertz CT molecular complexity index is 2590. The molecule has 1 aliphatic rings. The van der Waals surface area contributed by atoms with Gasteiger partial charge in [-0.3, -0.25) is 0 Å². The number of aromatic nitrogens is 3. The van der Waals surface area contributed by atoms with Crippen molar-refractivity contribution in [2.24, 2.45) is 0 Å². The quantitative estimate of drug-likeness (QED) is 0.165. The Labute approximate surface area is 310 Å². The van der Waals surface area contributed by atoms with Gasteiger partial charge in [-0.15, -0.1) is 53.0 Å². The van der Waals surface area contributed by atoms with E-state index in [9.17, 15) is 0 Å². The molecule has 9 aromatic rings. The van der Waals surface area contributed by atoms with Gasteiger partial charge < -0.3 is 23.9 Å². The van der Waals surface area contributed by atoms with Crippen molar-refractivity contribution in [1.29, 1.82) is 0 Å². The van der Waals surface area contributed by atoms with Crippen LogP contribution in [0.15, 0.2) is 170 Å². The Morgan fingerprint density at radius 2 is 1.20 bits per heavy atom. The number of benzene rings is 6. The number of anilines is 1. The van der Waals surface area contributed by atoms with Crippen LogP contribution >= 0.6 is 0 Å². The molecule has 0 aliphatic carbocycles. The molecule has 0 atom stereocenters. The predicted molar refractivity (Wildman–Crippen MR) is 206 cm³/mol. The van der Waals surface area contributed by atoms with E-state index in [1.165, 1.54) is 38.1 Å². The average Bonchev–Trinajstić information content (AvgIpc) is 3.86. The van der Waals surface area contributed by atoms with Crippen molar-refractivity contribution in [3.63, 3.8) is 0 Å². The standard InChI is InChI=1S/C34H24N4.C11H8N.Ir/c1-35-18-19-36(23-35)26-16-17-32-28(20-26)30-21-29-27-14-8-9-15-31(27)37(24-10-4-2-5-11-24)33(29)22-34(30)38(32)25-12-6-3-7-13-25;1-2-6-10(7-3-1)11-8-4-5-9-12-11;/h2-15,17-23H,1H3;1-6,8-9H;/q-2;-1;+3. The van der Waals surface area contributed by atoms with E-state index in [1.54, 1.807) is 6.20 Å². The Morgan fingerprint density at radius 3 is 1.86 bits per heavy atom. The molecule has 0 spiro atoms. The third-order valence-corrected chi connectivity index (χ3v) is 9.20. The molecule has 5 nitrogen and oxygen atoms in total. The molecule has 246 valence electrons. The first-order valence-corrected chi connectivity index (χ1v) is 16.7. The van der Waals surface area contributed by atoms with Crippen LogP contribution in [0.1, 0.15) is 0 Å². The van der Waals surface area contributed by atoms with Crippen LogP contribution in [0.4, 0.5) is 5.69 Å². The van der Waals surface area contributed by atoms with Crippen LogP contribution in [0.2, 0.25) is 0 Å². The van der Waals surface area contributed by atoms with Crippen molar-refractivity contribution in [3.05, 3.63) is 189 Å². The third-order valence-electron chi connectivity index (χ3n) is 9.20. The number of hydrogen-bond acceptors (Lipinski definition) is 3. The topological polar surface area (TPSA) is 29.2 Å². The number of hydrogen-bond donors (Lipinski definition) is 0. The zero-order valence-electron chi connectivity index (χ0n) is 27.8. The van der Waals surface area contributed by atoms with Gasteiger partial charge >= 0.3 is 20.1 Å². The summed E-state index contributed by atoms with van der Waals surface area (Å²) in [6.45, 7) is 2.07. The normalized spacial score (nSPS) is 12.4. The molecule has 0 unspecified atom stereocenters. The van der Waals surface area contributed by atoms with E-state index < -0.39 is 0 Å². The maximum absolute atomic E-state index is 4.22. The minimum Gasteiger partial charge on any atom is -0.510 e. The number of pyridine rings is 1. The summed E-state index contributed by atoms with van der Waals surface area (Å²) in [5, 5.41) is 4.96. The molecular formula is C45H32IrN5. The van der Waals surface area contributed by atoms with Gasteiger partial charge in [-0.2, -0.15) is 18.8 Å². The zero-order valence-corrected chi connectivity index (χ0v) is 30.2. The second-order valence-corrected chi connectivity index (χ2v) is 12.3. The van der Waals surface area contributed by atoms with Crippen molar-refractivity contribution in [3.8, 4) is 22.6 Å². The molecular weight excluding hydrogens is 803 g/mol. The van der Waals surface area contributed by atoms with Crippen LogP contribution < -0.4 is 4.90 Å². The van der Waals surface area contributed by atoms with Gasteiger partial charge in [-0.25, -0.2) is 0 Å². The second-order valence-electron chi connectivity index (χ2n) is 12.3. The number of nitrogens with zero attached hydrogens (tertiary/aromatic N) is 5. The first-order chi connectivity index (χ1) is 24.7. The van der Waals surface area contributed by atoms with E-state index in [4.69, 9.17) is 0 Å². The average molecular weight is 835 g/mol. The van der Waals surface area contributed by atoms with Crippen LogP contribution in [-0.2, 0) is 20.1 Å². The Balaban J connectivity index is 0.000000245. The van der Waals surface area contributed by atoms with Crippen molar-refractivity contribution in [2.75, 3.05) is 11.9 Å². The summed E-state index contributed by atoms with van der Waals surface area (Å²) >= 11 is 0. The van der Waals surface area contributed by atoms with Gasteiger partial charge in [0.2, 0.25) is 0 Å². The van der Waals surface area contributed by atoms with Crippen molar-refractivity contribution in [1.82, 2.24) is 19.0 Å². The van der Waals surface area contributed by atoms with E-state index in [-0.39, 0.29) is 20.1 Å². The molecule has 51 heavy (non-hydrogen) atoms. The number of para-hydroxylation sites is 3. The van der Waals surface area contributed by atoms with E-state index >= 15 is 0 Å². The van der Waals surface area contributed by atoms with Gasteiger partial charge in [0.25, 0.3) is 0 Å². The maximum atomic E-state index is 4.22. The molecule has 0 saturated carbocycles. The van der Waals surface area contributed by atoms with E-state index in [0.29, 0.717) is 0 Å². The molecule has 0 fully saturated rings. The smallest absolute Gasteiger partial charge is 0.510 e. The summed E-state index contributed by atoms with van der Waals surface area (Å²) in [5.74, 6) is 0. The molecule has 10 rings (SSSR count). The molecule has 0 radical (unpaired) electrons. The van der Waals surface area contributed by atoms with E-state index in [2.05, 4.69) is 153 Å². The molecule has 0 amide bonds. The minimum absolute atomic E-state index is 0. The third kappa shape index (κ3) is 5.89. The molecule has 6 heteroatoms.